The second kappa shape index (κ2) is 6.64. The van der Waals surface area contributed by atoms with Gasteiger partial charge in [0.1, 0.15) is 0 Å². The van der Waals surface area contributed by atoms with Crippen molar-refractivity contribution in [2.45, 2.75) is 18.7 Å². The molecular weight excluding hydrogens is 344 g/mol. The van der Waals surface area contributed by atoms with Gasteiger partial charge in [-0.2, -0.15) is 13.5 Å². The zero-order valence-corrected chi connectivity index (χ0v) is 14.9. The van der Waals surface area contributed by atoms with E-state index in [1.54, 1.807) is 31.2 Å². The number of nitrogens with zero attached hydrogens (tertiary/aromatic N) is 1. The van der Waals surface area contributed by atoms with Crippen molar-refractivity contribution in [3.63, 3.8) is 0 Å². The fourth-order valence-electron chi connectivity index (χ4n) is 2.44. The summed E-state index contributed by atoms with van der Waals surface area (Å²) in [5, 5.41) is 3.85. The van der Waals surface area contributed by atoms with E-state index in [9.17, 15) is 8.42 Å². The fraction of sp³-hybridized carbons (Fsp3) is 0.235. The van der Waals surface area contributed by atoms with Crippen molar-refractivity contribution in [1.29, 1.82) is 0 Å². The van der Waals surface area contributed by atoms with Crippen LogP contribution in [-0.4, -0.2) is 28.5 Å². The van der Waals surface area contributed by atoms with Gasteiger partial charge in [-0.25, -0.2) is 4.83 Å². The lowest BCUT2D eigenvalue weighted by molar-refractivity contribution is 0.171. The molecule has 0 fully saturated rings. The molecule has 0 unspecified atom stereocenters. The normalized spacial score (nSPS) is 13.2. The molecule has 0 radical (unpaired) electrons. The van der Waals surface area contributed by atoms with Crippen LogP contribution < -0.4 is 19.0 Å². The molecule has 25 heavy (non-hydrogen) atoms. The van der Waals surface area contributed by atoms with Gasteiger partial charge >= 0.3 is 0 Å². The molecule has 0 aromatic heterocycles. The molecule has 3 rings (SSSR count). The largest absolute Gasteiger partial charge is 0.493 e. The van der Waals surface area contributed by atoms with E-state index < -0.39 is 10.0 Å². The number of aryl methyl sites for hydroxylation is 2. The molecule has 0 saturated carbocycles. The first-order valence-corrected chi connectivity index (χ1v) is 8.99. The molecule has 0 bridgehead atoms. The van der Waals surface area contributed by atoms with E-state index in [0.717, 1.165) is 5.56 Å². The lowest BCUT2D eigenvalue weighted by atomic mass is 10.2. The molecule has 0 amide bonds. The summed E-state index contributed by atoms with van der Waals surface area (Å²) in [5.41, 5.74) is 2.12. The summed E-state index contributed by atoms with van der Waals surface area (Å²) in [6.45, 7) is 3.69. The van der Waals surface area contributed by atoms with Gasteiger partial charge in [-0.15, -0.1) is 0 Å². The average Bonchev–Trinajstić information content (AvgIpc) is 3.04. The molecule has 1 N–H and O–H groups in total. The van der Waals surface area contributed by atoms with Gasteiger partial charge in [-0.3, -0.25) is 0 Å². The number of ether oxygens (including phenoxy) is 3. The van der Waals surface area contributed by atoms with Crippen molar-refractivity contribution in [2.24, 2.45) is 5.10 Å². The Morgan fingerprint density at radius 1 is 1.20 bits per heavy atom. The van der Waals surface area contributed by atoms with Gasteiger partial charge in [0.05, 0.1) is 18.2 Å². The molecule has 8 heteroatoms. The maximum absolute atomic E-state index is 12.4. The van der Waals surface area contributed by atoms with Gasteiger partial charge in [-0.05, 0) is 43.2 Å². The van der Waals surface area contributed by atoms with Crippen LogP contribution in [-0.2, 0) is 10.0 Å². The molecule has 2 aromatic carbocycles. The molecule has 1 aliphatic heterocycles. The Morgan fingerprint density at radius 3 is 2.76 bits per heavy atom. The Hall–Kier alpha value is -2.74. The highest BCUT2D eigenvalue weighted by molar-refractivity contribution is 7.89. The van der Waals surface area contributed by atoms with Crippen molar-refractivity contribution >= 4 is 16.2 Å². The van der Waals surface area contributed by atoms with Crippen LogP contribution >= 0.6 is 0 Å². The van der Waals surface area contributed by atoms with E-state index in [4.69, 9.17) is 14.2 Å². The van der Waals surface area contributed by atoms with E-state index in [1.165, 1.54) is 13.3 Å². The number of hydrazone groups is 1. The second-order valence-electron chi connectivity index (χ2n) is 5.58. The van der Waals surface area contributed by atoms with Crippen molar-refractivity contribution < 1.29 is 22.6 Å². The number of sulfonamides is 1. The van der Waals surface area contributed by atoms with Gasteiger partial charge < -0.3 is 14.2 Å². The van der Waals surface area contributed by atoms with Crippen LogP contribution in [0.4, 0.5) is 0 Å². The molecule has 0 spiro atoms. The Kier molecular flexibility index (Phi) is 4.54. The summed E-state index contributed by atoms with van der Waals surface area (Å²) >= 11 is 0. The van der Waals surface area contributed by atoms with Crippen molar-refractivity contribution in [3.05, 3.63) is 47.0 Å². The van der Waals surface area contributed by atoms with Gasteiger partial charge in [-0.1, -0.05) is 12.1 Å². The predicted octanol–water partition coefficient (Wildman–Crippen LogP) is 2.35. The fourth-order valence-corrected chi connectivity index (χ4v) is 3.56. The molecule has 2 aromatic rings. The average molecular weight is 362 g/mol. The second-order valence-corrected chi connectivity index (χ2v) is 7.21. The summed E-state index contributed by atoms with van der Waals surface area (Å²) in [6.07, 6.45) is 1.38. The molecule has 7 nitrogen and oxygen atoms in total. The predicted molar refractivity (Wildman–Crippen MR) is 92.9 cm³/mol. The zero-order valence-electron chi connectivity index (χ0n) is 14.1. The number of benzene rings is 2. The van der Waals surface area contributed by atoms with Gasteiger partial charge in [0.15, 0.2) is 11.5 Å². The van der Waals surface area contributed by atoms with Crippen LogP contribution in [0.25, 0.3) is 0 Å². The third-order valence-electron chi connectivity index (χ3n) is 3.70. The zero-order chi connectivity index (χ0) is 18.0. The molecule has 0 atom stereocenters. The summed E-state index contributed by atoms with van der Waals surface area (Å²) in [4.78, 5) is 2.43. The first-order chi connectivity index (χ1) is 11.9. The van der Waals surface area contributed by atoms with E-state index in [0.29, 0.717) is 28.4 Å². The van der Waals surface area contributed by atoms with Crippen molar-refractivity contribution in [1.82, 2.24) is 4.83 Å². The topological polar surface area (TPSA) is 86.2 Å². The number of nitrogens with one attached hydrogen (secondary N) is 1. The Labute approximate surface area is 146 Å². The summed E-state index contributed by atoms with van der Waals surface area (Å²) in [5.74, 6) is 1.54. The molecular formula is C17H18N2O5S. The maximum Gasteiger partial charge on any atom is 0.276 e. The molecule has 1 aliphatic rings. The lowest BCUT2D eigenvalue weighted by Crippen LogP contribution is -2.19. The summed E-state index contributed by atoms with van der Waals surface area (Å²) in [7, 11) is -2.23. The summed E-state index contributed by atoms with van der Waals surface area (Å²) in [6, 6.07) is 8.60. The Morgan fingerprint density at radius 2 is 2.00 bits per heavy atom. The van der Waals surface area contributed by atoms with Crippen LogP contribution in [0.3, 0.4) is 0 Å². The number of hydrogen-bond acceptors (Lipinski definition) is 6. The van der Waals surface area contributed by atoms with Crippen LogP contribution in [0.15, 0.2) is 40.3 Å². The van der Waals surface area contributed by atoms with Crippen LogP contribution in [0, 0.1) is 13.8 Å². The highest BCUT2D eigenvalue weighted by Crippen LogP contribution is 2.41. The van der Waals surface area contributed by atoms with Crippen LogP contribution in [0.1, 0.15) is 16.7 Å². The van der Waals surface area contributed by atoms with Crippen LogP contribution in [0.5, 0.6) is 17.2 Å². The number of hydrogen-bond donors (Lipinski definition) is 1. The van der Waals surface area contributed by atoms with Gasteiger partial charge in [0.2, 0.25) is 12.5 Å². The van der Waals surface area contributed by atoms with Gasteiger partial charge in [0.25, 0.3) is 10.0 Å². The third kappa shape index (κ3) is 3.53. The van der Waals surface area contributed by atoms with E-state index >= 15 is 0 Å². The number of rotatable bonds is 5. The third-order valence-corrected chi connectivity index (χ3v) is 5.07. The number of methoxy groups -OCH3 is 1. The first-order valence-electron chi connectivity index (χ1n) is 7.50. The summed E-state index contributed by atoms with van der Waals surface area (Å²) < 4.78 is 40.7. The smallest absolute Gasteiger partial charge is 0.276 e. The SMILES string of the molecule is COc1cc(/C=N/NS(=O)(=O)c2cc(C)ccc2C)cc2c1OCO2. The molecule has 1 heterocycles. The quantitative estimate of drug-likeness (QED) is 0.652. The van der Waals surface area contributed by atoms with Gasteiger partial charge in [0, 0.05) is 5.56 Å². The Bertz CT molecular complexity index is 938. The van der Waals surface area contributed by atoms with Crippen molar-refractivity contribution in [3.8, 4) is 17.2 Å². The number of fused-ring (bicyclic) bond motifs is 1. The minimum atomic E-state index is -3.75. The molecule has 0 aliphatic carbocycles. The Balaban J connectivity index is 1.82. The van der Waals surface area contributed by atoms with Crippen LogP contribution in [0.2, 0.25) is 0 Å². The minimum Gasteiger partial charge on any atom is -0.493 e. The molecule has 132 valence electrons. The van der Waals surface area contributed by atoms with E-state index in [-0.39, 0.29) is 11.7 Å². The van der Waals surface area contributed by atoms with E-state index in [2.05, 4.69) is 9.93 Å². The van der Waals surface area contributed by atoms with E-state index in [1.807, 2.05) is 13.0 Å². The molecule has 0 saturated heterocycles. The highest BCUT2D eigenvalue weighted by Gasteiger charge is 2.20. The highest BCUT2D eigenvalue weighted by atomic mass is 32.2. The minimum absolute atomic E-state index is 0.117. The monoisotopic (exact) mass is 362 g/mol. The van der Waals surface area contributed by atoms with Crippen molar-refractivity contribution in [2.75, 3.05) is 13.9 Å². The standard InChI is InChI=1S/C17H18N2O5S/c1-11-4-5-12(2)16(6-11)25(20,21)19-18-9-13-7-14(22-3)17-15(8-13)23-10-24-17/h4-9,19H,10H2,1-3H3/b18-9+. The maximum atomic E-state index is 12.4. The first kappa shape index (κ1) is 17.1. The lowest BCUT2D eigenvalue weighted by Gasteiger charge is -2.08.